The fourth-order valence-electron chi connectivity index (χ4n) is 3.53. The number of rotatable bonds is 7. The van der Waals surface area contributed by atoms with Crippen molar-refractivity contribution >= 4 is 17.5 Å². The number of ether oxygens (including phenoxy) is 2. The highest BCUT2D eigenvalue weighted by atomic mass is 16.5. The van der Waals surface area contributed by atoms with Crippen LogP contribution in [0.3, 0.4) is 0 Å². The number of methoxy groups -OCH3 is 1. The maximum absolute atomic E-state index is 13.4. The molecule has 0 radical (unpaired) electrons. The highest BCUT2D eigenvalue weighted by Gasteiger charge is 2.35. The molecular formula is C23H23N5O3. The van der Waals surface area contributed by atoms with Gasteiger partial charge in [0, 0.05) is 16.9 Å². The Labute approximate surface area is 180 Å². The quantitative estimate of drug-likeness (QED) is 0.569. The number of fused-ring (bicyclic) bond motifs is 1. The summed E-state index contributed by atoms with van der Waals surface area (Å²) < 4.78 is 12.7. The molecule has 0 bridgehead atoms. The van der Waals surface area contributed by atoms with Crippen molar-refractivity contribution in [3.63, 3.8) is 0 Å². The first-order chi connectivity index (χ1) is 15.1. The van der Waals surface area contributed by atoms with Crippen LogP contribution in [0.2, 0.25) is 0 Å². The number of allylic oxidation sites excluding steroid dienone is 1. The highest BCUT2D eigenvalue weighted by molar-refractivity contribution is 6.06. The lowest BCUT2D eigenvalue weighted by Gasteiger charge is -2.29. The third kappa shape index (κ3) is 4.00. The Hall–Kier alpha value is -4.07. The van der Waals surface area contributed by atoms with Crippen molar-refractivity contribution in [1.82, 2.24) is 14.8 Å². The summed E-state index contributed by atoms with van der Waals surface area (Å²) in [4.78, 5) is 17.7. The molecule has 0 aliphatic carbocycles. The lowest BCUT2D eigenvalue weighted by atomic mass is 9.94. The van der Waals surface area contributed by atoms with E-state index in [1.165, 1.54) is 6.33 Å². The fourth-order valence-corrected chi connectivity index (χ4v) is 3.53. The summed E-state index contributed by atoms with van der Waals surface area (Å²) >= 11 is 0. The van der Waals surface area contributed by atoms with Gasteiger partial charge in [-0.05, 0) is 37.3 Å². The second kappa shape index (κ2) is 8.74. The maximum atomic E-state index is 13.4. The van der Waals surface area contributed by atoms with Crippen LogP contribution >= 0.6 is 0 Å². The summed E-state index contributed by atoms with van der Waals surface area (Å²) in [5.41, 5.74) is 2.67. The predicted molar refractivity (Wildman–Crippen MR) is 118 cm³/mol. The van der Waals surface area contributed by atoms with Crippen LogP contribution in [0.25, 0.3) is 0 Å². The maximum Gasteiger partial charge on any atom is 0.255 e. The Balaban J connectivity index is 1.74. The van der Waals surface area contributed by atoms with Crippen LogP contribution in [0.5, 0.6) is 11.5 Å². The van der Waals surface area contributed by atoms with Gasteiger partial charge < -0.3 is 20.1 Å². The van der Waals surface area contributed by atoms with Gasteiger partial charge in [0.15, 0.2) is 0 Å². The smallest absolute Gasteiger partial charge is 0.255 e. The van der Waals surface area contributed by atoms with Crippen molar-refractivity contribution in [3.05, 3.63) is 84.3 Å². The second-order valence-electron chi connectivity index (χ2n) is 6.91. The SMILES string of the molecule is C=CCOc1ccccc1[C@H]1C(C(=O)Nc2ccc(OC)cc2)=C(C)Nc2ncnn21. The second-order valence-corrected chi connectivity index (χ2v) is 6.91. The van der Waals surface area contributed by atoms with Gasteiger partial charge in [0.1, 0.15) is 30.5 Å². The topological polar surface area (TPSA) is 90.3 Å². The molecule has 31 heavy (non-hydrogen) atoms. The number of benzene rings is 2. The van der Waals surface area contributed by atoms with E-state index in [4.69, 9.17) is 9.47 Å². The molecule has 0 saturated heterocycles. The zero-order chi connectivity index (χ0) is 21.8. The number of amides is 1. The van der Waals surface area contributed by atoms with E-state index in [-0.39, 0.29) is 5.91 Å². The van der Waals surface area contributed by atoms with Crippen LogP contribution in [-0.2, 0) is 4.79 Å². The Morgan fingerprint density at radius 3 is 2.77 bits per heavy atom. The number of para-hydroxylation sites is 1. The highest BCUT2D eigenvalue weighted by Crippen LogP contribution is 2.39. The number of carbonyl (C=O) groups is 1. The van der Waals surface area contributed by atoms with E-state index < -0.39 is 6.04 Å². The van der Waals surface area contributed by atoms with Gasteiger partial charge in [-0.25, -0.2) is 4.68 Å². The zero-order valence-electron chi connectivity index (χ0n) is 17.3. The average molecular weight is 417 g/mol. The van der Waals surface area contributed by atoms with Crippen LogP contribution in [0, 0.1) is 0 Å². The largest absolute Gasteiger partial charge is 0.497 e. The van der Waals surface area contributed by atoms with E-state index in [0.717, 1.165) is 5.56 Å². The van der Waals surface area contributed by atoms with Crippen molar-refractivity contribution in [1.29, 1.82) is 0 Å². The summed E-state index contributed by atoms with van der Waals surface area (Å²) in [5.74, 6) is 1.67. The minimum Gasteiger partial charge on any atom is -0.497 e. The third-order valence-electron chi connectivity index (χ3n) is 4.96. The van der Waals surface area contributed by atoms with E-state index in [2.05, 4.69) is 27.3 Å². The first-order valence-corrected chi connectivity index (χ1v) is 9.77. The number of aromatic nitrogens is 3. The van der Waals surface area contributed by atoms with Crippen LogP contribution in [0.1, 0.15) is 18.5 Å². The monoisotopic (exact) mass is 417 g/mol. The fraction of sp³-hybridized carbons (Fsp3) is 0.174. The van der Waals surface area contributed by atoms with Gasteiger partial charge in [-0.3, -0.25) is 4.79 Å². The number of carbonyl (C=O) groups excluding carboxylic acids is 1. The number of anilines is 2. The lowest BCUT2D eigenvalue weighted by Crippen LogP contribution is -2.31. The molecule has 2 heterocycles. The molecular weight excluding hydrogens is 394 g/mol. The summed E-state index contributed by atoms with van der Waals surface area (Å²) in [6.45, 7) is 5.91. The molecule has 0 spiro atoms. The van der Waals surface area contributed by atoms with Crippen molar-refractivity contribution in [2.45, 2.75) is 13.0 Å². The molecule has 1 aliphatic heterocycles. The Bertz CT molecular complexity index is 1130. The molecule has 8 heteroatoms. The molecule has 4 rings (SSSR count). The molecule has 0 unspecified atom stereocenters. The van der Waals surface area contributed by atoms with E-state index >= 15 is 0 Å². The normalized spacial score (nSPS) is 15.0. The van der Waals surface area contributed by atoms with Gasteiger partial charge in [0.25, 0.3) is 5.91 Å². The van der Waals surface area contributed by atoms with Crippen LogP contribution in [0.4, 0.5) is 11.6 Å². The summed E-state index contributed by atoms with van der Waals surface area (Å²) in [6, 6.07) is 14.2. The van der Waals surface area contributed by atoms with E-state index in [1.54, 1.807) is 42.1 Å². The number of hydrogen-bond donors (Lipinski definition) is 2. The van der Waals surface area contributed by atoms with E-state index in [0.29, 0.717) is 41.0 Å². The lowest BCUT2D eigenvalue weighted by molar-refractivity contribution is -0.113. The minimum atomic E-state index is -0.516. The number of hydrogen-bond acceptors (Lipinski definition) is 6. The predicted octanol–water partition coefficient (Wildman–Crippen LogP) is 3.78. The average Bonchev–Trinajstić information content (AvgIpc) is 3.25. The Morgan fingerprint density at radius 1 is 1.26 bits per heavy atom. The molecule has 1 aromatic heterocycles. The van der Waals surface area contributed by atoms with E-state index in [9.17, 15) is 4.79 Å². The molecule has 0 fully saturated rings. The third-order valence-corrected chi connectivity index (χ3v) is 4.96. The molecule has 0 saturated carbocycles. The summed E-state index contributed by atoms with van der Waals surface area (Å²) in [7, 11) is 1.60. The molecule has 2 N–H and O–H groups in total. The molecule has 1 aliphatic rings. The molecule has 158 valence electrons. The van der Waals surface area contributed by atoms with Crippen LogP contribution in [0.15, 0.2) is 78.8 Å². The van der Waals surface area contributed by atoms with Crippen molar-refractivity contribution in [2.24, 2.45) is 0 Å². The zero-order valence-corrected chi connectivity index (χ0v) is 17.3. The first-order valence-electron chi connectivity index (χ1n) is 9.77. The molecule has 8 nitrogen and oxygen atoms in total. The van der Waals surface area contributed by atoms with Gasteiger partial charge in [0.05, 0.1) is 12.7 Å². The van der Waals surface area contributed by atoms with Crippen LogP contribution in [-0.4, -0.2) is 34.4 Å². The molecule has 1 amide bonds. The minimum absolute atomic E-state index is 0.250. The summed E-state index contributed by atoms with van der Waals surface area (Å²) in [5, 5.41) is 10.5. The van der Waals surface area contributed by atoms with Crippen molar-refractivity contribution in [3.8, 4) is 11.5 Å². The molecule has 2 aromatic carbocycles. The van der Waals surface area contributed by atoms with Gasteiger partial charge in [-0.1, -0.05) is 30.9 Å². The Kier molecular flexibility index (Phi) is 5.70. The van der Waals surface area contributed by atoms with Gasteiger partial charge >= 0.3 is 0 Å². The number of nitrogens with one attached hydrogen (secondary N) is 2. The van der Waals surface area contributed by atoms with Gasteiger partial charge in [0.2, 0.25) is 5.95 Å². The van der Waals surface area contributed by atoms with Crippen molar-refractivity contribution < 1.29 is 14.3 Å². The van der Waals surface area contributed by atoms with Crippen molar-refractivity contribution in [2.75, 3.05) is 24.4 Å². The van der Waals surface area contributed by atoms with E-state index in [1.807, 2.05) is 31.2 Å². The first kappa shape index (κ1) is 20.2. The standard InChI is InChI=1S/C23H23N5O3/c1-4-13-31-19-8-6-5-7-18(19)21-20(15(2)26-23-24-14-25-28(21)23)22(29)27-16-9-11-17(30-3)12-10-16/h4-12,14,21H,1,13H2,2-3H3,(H,27,29)(H,24,25,26)/t21-/m0/s1. The molecule has 3 aromatic rings. The Morgan fingerprint density at radius 2 is 2.03 bits per heavy atom. The number of nitrogens with zero attached hydrogens (tertiary/aromatic N) is 3. The summed E-state index contributed by atoms with van der Waals surface area (Å²) in [6.07, 6.45) is 3.14. The molecule has 1 atom stereocenters. The van der Waals surface area contributed by atoms with Crippen LogP contribution < -0.4 is 20.1 Å². The van der Waals surface area contributed by atoms with Gasteiger partial charge in [-0.2, -0.15) is 10.1 Å². The van der Waals surface area contributed by atoms with Gasteiger partial charge in [-0.15, -0.1) is 0 Å².